The second kappa shape index (κ2) is 6.50. The van der Waals surface area contributed by atoms with Crippen LogP contribution in [0.25, 0.3) is 0 Å². The van der Waals surface area contributed by atoms with Crippen LogP contribution in [0.4, 0.5) is 0 Å². The van der Waals surface area contributed by atoms with Gasteiger partial charge in [-0.25, -0.2) is 0 Å². The van der Waals surface area contributed by atoms with Crippen LogP contribution in [-0.4, -0.2) is 21.3 Å². The van der Waals surface area contributed by atoms with E-state index in [4.69, 9.17) is 11.6 Å². The zero-order valence-electron chi connectivity index (χ0n) is 10.9. The van der Waals surface area contributed by atoms with Crippen molar-refractivity contribution in [1.82, 2.24) is 20.1 Å². The molecule has 4 nitrogen and oxygen atoms in total. The number of aromatic nitrogens is 3. The lowest BCUT2D eigenvalue weighted by molar-refractivity contribution is 0.552. The molecule has 1 atom stereocenters. The first-order valence-electron chi connectivity index (χ1n) is 6.14. The molecule has 1 unspecified atom stereocenters. The quantitative estimate of drug-likeness (QED) is 0.905. The van der Waals surface area contributed by atoms with E-state index in [1.807, 2.05) is 19.3 Å². The van der Waals surface area contributed by atoms with Crippen molar-refractivity contribution in [3.05, 3.63) is 45.4 Å². The second-order valence-corrected chi connectivity index (χ2v) is 5.65. The fourth-order valence-corrected chi connectivity index (χ4v) is 2.65. The summed E-state index contributed by atoms with van der Waals surface area (Å²) in [5.74, 6) is 0. The minimum Gasteiger partial charge on any atom is -0.305 e. The average molecular weight is 344 g/mol. The van der Waals surface area contributed by atoms with Crippen molar-refractivity contribution in [3.8, 4) is 0 Å². The van der Waals surface area contributed by atoms with Gasteiger partial charge in [0.05, 0.1) is 23.0 Å². The minimum absolute atomic E-state index is 0.00931. The number of aryl methyl sites for hydroxylation is 1. The van der Waals surface area contributed by atoms with E-state index >= 15 is 0 Å². The summed E-state index contributed by atoms with van der Waals surface area (Å²) >= 11 is 9.71. The maximum absolute atomic E-state index is 6.25. The van der Waals surface area contributed by atoms with Gasteiger partial charge in [0.15, 0.2) is 0 Å². The average Bonchev–Trinajstić information content (AvgIpc) is 2.71. The lowest BCUT2D eigenvalue weighted by Crippen LogP contribution is -2.25. The number of halogens is 2. The fraction of sp³-hybridized carbons (Fsp3) is 0.385. The van der Waals surface area contributed by atoms with Crippen LogP contribution in [0.15, 0.2) is 29.1 Å². The van der Waals surface area contributed by atoms with Gasteiger partial charge < -0.3 is 5.32 Å². The summed E-state index contributed by atoms with van der Waals surface area (Å²) in [5, 5.41) is 8.36. The largest absolute Gasteiger partial charge is 0.305 e. The third-order valence-corrected chi connectivity index (χ3v) is 3.59. The van der Waals surface area contributed by atoms with E-state index in [-0.39, 0.29) is 6.04 Å². The maximum atomic E-state index is 6.25. The maximum Gasteiger partial charge on any atom is 0.0837 e. The Morgan fingerprint density at radius 2 is 2.21 bits per heavy atom. The Morgan fingerprint density at radius 3 is 2.79 bits per heavy atom. The van der Waals surface area contributed by atoms with Gasteiger partial charge in [-0.3, -0.25) is 9.67 Å². The van der Waals surface area contributed by atoms with E-state index in [0.717, 1.165) is 28.7 Å². The second-order valence-electron chi connectivity index (χ2n) is 4.32. The Bertz CT molecular complexity index is 536. The molecular weight excluding hydrogens is 328 g/mol. The normalized spacial score (nSPS) is 12.6. The van der Waals surface area contributed by atoms with Crippen LogP contribution in [0.1, 0.15) is 30.6 Å². The molecule has 1 N–H and O–H groups in total. The molecule has 2 aromatic rings. The molecule has 0 aliphatic heterocycles. The lowest BCUT2D eigenvalue weighted by atomic mass is 10.1. The van der Waals surface area contributed by atoms with Crippen LogP contribution < -0.4 is 5.32 Å². The lowest BCUT2D eigenvalue weighted by Gasteiger charge is -2.19. The topological polar surface area (TPSA) is 42.7 Å². The van der Waals surface area contributed by atoms with E-state index in [1.54, 1.807) is 17.1 Å². The molecule has 6 heteroatoms. The van der Waals surface area contributed by atoms with Crippen LogP contribution in [-0.2, 0) is 7.05 Å². The van der Waals surface area contributed by atoms with Gasteiger partial charge in [-0.2, -0.15) is 5.10 Å². The minimum atomic E-state index is -0.00931. The zero-order chi connectivity index (χ0) is 13.8. The van der Waals surface area contributed by atoms with Gasteiger partial charge in [0.2, 0.25) is 0 Å². The molecule has 0 saturated carbocycles. The van der Waals surface area contributed by atoms with E-state index in [1.165, 1.54) is 0 Å². The van der Waals surface area contributed by atoms with Crippen LogP contribution in [0.2, 0.25) is 5.02 Å². The molecule has 0 aliphatic carbocycles. The molecule has 0 aromatic carbocycles. The molecule has 2 rings (SSSR count). The van der Waals surface area contributed by atoms with Gasteiger partial charge in [-0.05, 0) is 40.5 Å². The molecule has 2 heterocycles. The Labute approximate surface area is 126 Å². The van der Waals surface area contributed by atoms with Crippen LogP contribution in [0.5, 0.6) is 0 Å². The highest BCUT2D eigenvalue weighted by Crippen LogP contribution is 2.28. The zero-order valence-corrected chi connectivity index (χ0v) is 13.2. The molecular formula is C13H16BrClN4. The van der Waals surface area contributed by atoms with Gasteiger partial charge >= 0.3 is 0 Å². The number of pyridine rings is 1. The first kappa shape index (κ1) is 14.5. The van der Waals surface area contributed by atoms with E-state index in [9.17, 15) is 0 Å². The van der Waals surface area contributed by atoms with Crippen molar-refractivity contribution in [2.45, 2.75) is 19.4 Å². The number of rotatable bonds is 5. The number of nitrogens with zero attached hydrogens (tertiary/aromatic N) is 3. The Hall–Kier alpha value is -0.910. The molecule has 0 bridgehead atoms. The Morgan fingerprint density at radius 1 is 1.42 bits per heavy atom. The summed E-state index contributed by atoms with van der Waals surface area (Å²) in [7, 11) is 1.90. The predicted molar refractivity (Wildman–Crippen MR) is 80.3 cm³/mol. The molecule has 0 aliphatic rings. The number of nitrogens with one attached hydrogen (secondary N) is 1. The monoisotopic (exact) mass is 342 g/mol. The summed E-state index contributed by atoms with van der Waals surface area (Å²) in [6, 6.07) is 2.04. The summed E-state index contributed by atoms with van der Waals surface area (Å²) in [4.78, 5) is 4.22. The van der Waals surface area contributed by atoms with E-state index < -0.39 is 0 Å². The summed E-state index contributed by atoms with van der Waals surface area (Å²) < 4.78 is 2.75. The van der Waals surface area contributed by atoms with Crippen molar-refractivity contribution >= 4 is 27.5 Å². The van der Waals surface area contributed by atoms with Crippen LogP contribution in [0, 0.1) is 0 Å². The van der Waals surface area contributed by atoms with Crippen molar-refractivity contribution in [1.29, 1.82) is 0 Å². The molecule has 0 fully saturated rings. The predicted octanol–water partition coefficient (Wildman–Crippen LogP) is 3.32. The molecule has 2 aromatic heterocycles. The number of hydrogen-bond donors (Lipinski definition) is 1. The Balaban J connectivity index is 2.41. The van der Waals surface area contributed by atoms with Crippen molar-refractivity contribution < 1.29 is 0 Å². The molecule has 19 heavy (non-hydrogen) atoms. The third kappa shape index (κ3) is 3.35. The van der Waals surface area contributed by atoms with Gasteiger partial charge in [0.25, 0.3) is 0 Å². The Kier molecular flexibility index (Phi) is 4.96. The van der Waals surface area contributed by atoms with Gasteiger partial charge in [-0.15, -0.1) is 0 Å². The van der Waals surface area contributed by atoms with Crippen LogP contribution in [0.3, 0.4) is 0 Å². The van der Waals surface area contributed by atoms with Gasteiger partial charge in [0, 0.05) is 23.9 Å². The highest BCUT2D eigenvalue weighted by atomic mass is 79.9. The van der Waals surface area contributed by atoms with Crippen molar-refractivity contribution in [2.75, 3.05) is 6.54 Å². The molecule has 0 spiro atoms. The van der Waals surface area contributed by atoms with E-state index in [0.29, 0.717) is 5.02 Å². The SMILES string of the molecule is CCCNC(c1cncc(Br)c1)c1c(Cl)cnn1C. The van der Waals surface area contributed by atoms with Crippen molar-refractivity contribution in [3.63, 3.8) is 0 Å². The molecule has 102 valence electrons. The van der Waals surface area contributed by atoms with Gasteiger partial charge in [-0.1, -0.05) is 18.5 Å². The summed E-state index contributed by atoms with van der Waals surface area (Å²) in [6.07, 6.45) is 6.34. The van der Waals surface area contributed by atoms with Crippen LogP contribution >= 0.6 is 27.5 Å². The third-order valence-electron chi connectivity index (χ3n) is 2.87. The highest BCUT2D eigenvalue weighted by Gasteiger charge is 2.20. The molecule has 0 amide bonds. The molecule has 0 radical (unpaired) electrons. The van der Waals surface area contributed by atoms with Gasteiger partial charge in [0.1, 0.15) is 0 Å². The van der Waals surface area contributed by atoms with E-state index in [2.05, 4.69) is 38.3 Å². The fourth-order valence-electron chi connectivity index (χ4n) is 1.99. The smallest absolute Gasteiger partial charge is 0.0837 e. The molecule has 0 saturated heterocycles. The highest BCUT2D eigenvalue weighted by molar-refractivity contribution is 9.10. The van der Waals surface area contributed by atoms with Crippen molar-refractivity contribution in [2.24, 2.45) is 7.05 Å². The summed E-state index contributed by atoms with van der Waals surface area (Å²) in [6.45, 7) is 3.03. The number of hydrogen-bond acceptors (Lipinski definition) is 3. The summed E-state index contributed by atoms with van der Waals surface area (Å²) in [5.41, 5.74) is 2.02. The standard InChI is InChI=1S/C13H16BrClN4/c1-3-4-17-12(9-5-10(14)7-16-6-9)13-11(15)8-18-19(13)2/h5-8,12,17H,3-4H2,1-2H3. The first-order chi connectivity index (χ1) is 9.13. The first-order valence-corrected chi connectivity index (χ1v) is 7.31.